The number of aromatic nitrogens is 1. The summed E-state index contributed by atoms with van der Waals surface area (Å²) in [6.07, 6.45) is 3.82. The van der Waals surface area contributed by atoms with Gasteiger partial charge in [0.15, 0.2) is 0 Å². The topological polar surface area (TPSA) is 95.8 Å². The van der Waals surface area contributed by atoms with Crippen LogP contribution in [-0.4, -0.2) is 59.0 Å². The third kappa shape index (κ3) is 6.53. The highest BCUT2D eigenvalue weighted by molar-refractivity contribution is 6.31. The van der Waals surface area contributed by atoms with Crippen molar-refractivity contribution in [1.29, 1.82) is 0 Å². The summed E-state index contributed by atoms with van der Waals surface area (Å²) in [5.74, 6) is -1.50. The van der Waals surface area contributed by atoms with Crippen molar-refractivity contribution < 1.29 is 23.4 Å². The first-order valence-electron chi connectivity index (χ1n) is 12.8. The second kappa shape index (κ2) is 11.8. The number of amides is 1. The number of hydrazine groups is 1. The van der Waals surface area contributed by atoms with Gasteiger partial charge in [-0.05, 0) is 49.9 Å². The van der Waals surface area contributed by atoms with E-state index in [4.69, 9.17) is 27.9 Å². The quantitative estimate of drug-likeness (QED) is 0.353. The molecular formula is C27H28Cl2F2N4O4. The van der Waals surface area contributed by atoms with Crippen LogP contribution >= 0.6 is 23.2 Å². The molecule has 3 N–H and O–H groups in total. The molecule has 1 saturated carbocycles. The molecule has 0 spiro atoms. The van der Waals surface area contributed by atoms with Crippen molar-refractivity contribution in [2.24, 2.45) is 0 Å². The maximum Gasteiger partial charge on any atom is 0.256 e. The highest BCUT2D eigenvalue weighted by atomic mass is 35.5. The van der Waals surface area contributed by atoms with Crippen LogP contribution in [0.25, 0.3) is 10.9 Å². The van der Waals surface area contributed by atoms with Gasteiger partial charge < -0.3 is 19.7 Å². The first-order chi connectivity index (χ1) is 18.7. The Labute approximate surface area is 233 Å². The molecular weight excluding hydrogens is 553 g/mol. The van der Waals surface area contributed by atoms with Crippen molar-refractivity contribution in [2.75, 3.05) is 26.2 Å². The average Bonchev–Trinajstić information content (AvgIpc) is 3.76. The zero-order valence-electron chi connectivity index (χ0n) is 20.9. The van der Waals surface area contributed by atoms with E-state index in [0.29, 0.717) is 31.4 Å². The van der Waals surface area contributed by atoms with E-state index in [1.165, 1.54) is 18.2 Å². The van der Waals surface area contributed by atoms with E-state index in [1.54, 1.807) is 6.20 Å². The third-order valence-corrected chi connectivity index (χ3v) is 7.57. The zero-order valence-corrected chi connectivity index (χ0v) is 22.4. The number of pyridine rings is 1. The Hall–Kier alpha value is -2.76. The summed E-state index contributed by atoms with van der Waals surface area (Å²) in [4.78, 5) is 26.2. The number of aliphatic hydroxyl groups excluding tert-OH is 1. The normalized spacial score (nSPS) is 17.4. The first-order valence-corrected chi connectivity index (χ1v) is 13.5. The summed E-state index contributed by atoms with van der Waals surface area (Å²) >= 11 is 11.6. The Morgan fingerprint density at radius 1 is 1.08 bits per heavy atom. The minimum Gasteiger partial charge on any atom is -0.491 e. The minimum absolute atomic E-state index is 0.00228. The van der Waals surface area contributed by atoms with Crippen LogP contribution in [0.3, 0.4) is 0 Å². The molecule has 5 rings (SSSR count). The molecule has 8 nitrogen and oxygen atoms in total. The molecule has 39 heavy (non-hydrogen) atoms. The number of carbonyl (C=O) groups excluding carboxylic acids is 1. The molecule has 0 radical (unpaired) electrons. The third-order valence-electron chi connectivity index (χ3n) is 6.97. The number of fused-ring (bicyclic) bond motifs is 1. The van der Waals surface area contributed by atoms with Gasteiger partial charge in [0, 0.05) is 49.4 Å². The fraction of sp³-hybridized carbons (Fsp3) is 0.407. The number of piperidine rings is 1. The van der Waals surface area contributed by atoms with Crippen LogP contribution in [0.4, 0.5) is 8.78 Å². The molecule has 1 atom stereocenters. The highest BCUT2D eigenvalue weighted by Gasteiger charge is 2.28. The minimum atomic E-state index is -0.831. The van der Waals surface area contributed by atoms with Crippen LogP contribution in [0.1, 0.15) is 42.1 Å². The number of aliphatic hydroxyl groups is 1. The Morgan fingerprint density at radius 3 is 2.49 bits per heavy atom. The molecule has 208 valence electrons. The van der Waals surface area contributed by atoms with Crippen LogP contribution in [0.15, 0.2) is 41.3 Å². The van der Waals surface area contributed by atoms with Gasteiger partial charge in [0.05, 0.1) is 15.6 Å². The molecule has 2 heterocycles. The van der Waals surface area contributed by atoms with Gasteiger partial charge in [0.25, 0.3) is 5.91 Å². The van der Waals surface area contributed by atoms with E-state index in [-0.39, 0.29) is 52.0 Å². The Kier molecular flexibility index (Phi) is 8.39. The summed E-state index contributed by atoms with van der Waals surface area (Å²) in [5, 5.41) is 15.2. The number of rotatable bonds is 9. The van der Waals surface area contributed by atoms with Crippen molar-refractivity contribution in [2.45, 2.75) is 43.9 Å². The van der Waals surface area contributed by atoms with E-state index < -0.39 is 29.1 Å². The van der Waals surface area contributed by atoms with E-state index in [1.807, 2.05) is 9.58 Å². The molecule has 2 aromatic carbocycles. The number of benzene rings is 2. The lowest BCUT2D eigenvalue weighted by Gasteiger charge is -2.33. The van der Waals surface area contributed by atoms with Crippen molar-refractivity contribution >= 4 is 40.0 Å². The average molecular weight is 581 g/mol. The smallest absolute Gasteiger partial charge is 0.256 e. The summed E-state index contributed by atoms with van der Waals surface area (Å²) in [7, 11) is 0. The molecule has 1 aliphatic carbocycles. The zero-order chi connectivity index (χ0) is 27.7. The van der Waals surface area contributed by atoms with Gasteiger partial charge >= 0.3 is 0 Å². The number of nitrogens with one attached hydrogen (secondary N) is 2. The van der Waals surface area contributed by atoms with Crippen LogP contribution in [0.5, 0.6) is 5.75 Å². The molecule has 2 aliphatic rings. The fourth-order valence-electron chi connectivity index (χ4n) is 4.66. The molecule has 1 saturated heterocycles. The van der Waals surface area contributed by atoms with Gasteiger partial charge in [-0.2, -0.15) is 0 Å². The largest absolute Gasteiger partial charge is 0.491 e. The van der Waals surface area contributed by atoms with Gasteiger partial charge in [-0.3, -0.25) is 15.0 Å². The van der Waals surface area contributed by atoms with Crippen LogP contribution in [-0.2, 0) is 0 Å². The predicted octanol–water partition coefficient (Wildman–Crippen LogP) is 4.06. The summed E-state index contributed by atoms with van der Waals surface area (Å²) in [6, 6.07) is 6.63. The van der Waals surface area contributed by atoms with Gasteiger partial charge in [-0.25, -0.2) is 13.8 Å². The summed E-state index contributed by atoms with van der Waals surface area (Å²) in [6.45, 7) is 1.41. The molecule has 0 unspecified atom stereocenters. The summed E-state index contributed by atoms with van der Waals surface area (Å²) < 4.78 is 34.9. The van der Waals surface area contributed by atoms with E-state index >= 15 is 0 Å². The maximum absolute atomic E-state index is 14.1. The fourth-order valence-corrected chi connectivity index (χ4v) is 4.93. The van der Waals surface area contributed by atoms with Gasteiger partial charge in [0.2, 0.25) is 5.43 Å². The van der Waals surface area contributed by atoms with Crippen LogP contribution in [0, 0.1) is 11.6 Å². The first kappa shape index (κ1) is 27.8. The van der Waals surface area contributed by atoms with Crippen molar-refractivity contribution in [3.63, 3.8) is 0 Å². The van der Waals surface area contributed by atoms with Crippen molar-refractivity contribution in [1.82, 2.24) is 20.3 Å². The molecule has 0 bridgehead atoms. The number of ether oxygens (including phenoxy) is 1. The van der Waals surface area contributed by atoms with Gasteiger partial charge in [-0.15, -0.1) is 0 Å². The predicted molar refractivity (Wildman–Crippen MR) is 144 cm³/mol. The SMILES string of the molecule is O=C(NC1CCN(NC[C@@H](O)COc2ccc(Cl)c(F)c2)CC1)c1cn(C2CC2)c2cc(Cl)c(F)cc2c1=O. The number of hydrogen-bond acceptors (Lipinski definition) is 6. The van der Waals surface area contributed by atoms with E-state index in [0.717, 1.165) is 25.0 Å². The number of nitrogens with zero attached hydrogens (tertiary/aromatic N) is 2. The van der Waals surface area contributed by atoms with Gasteiger partial charge in [-0.1, -0.05) is 23.2 Å². The second-order valence-electron chi connectivity index (χ2n) is 9.93. The number of hydrogen-bond donors (Lipinski definition) is 3. The molecule has 1 aromatic heterocycles. The van der Waals surface area contributed by atoms with E-state index in [9.17, 15) is 23.5 Å². The Balaban J connectivity index is 1.13. The monoisotopic (exact) mass is 580 g/mol. The van der Waals surface area contributed by atoms with Crippen LogP contribution < -0.4 is 20.9 Å². The Morgan fingerprint density at radius 2 is 1.79 bits per heavy atom. The lowest BCUT2D eigenvalue weighted by molar-refractivity contribution is 0.0624. The second-order valence-corrected chi connectivity index (χ2v) is 10.7. The maximum atomic E-state index is 14.1. The Bertz CT molecular complexity index is 1440. The molecule has 1 aliphatic heterocycles. The van der Waals surface area contributed by atoms with Crippen molar-refractivity contribution in [3.8, 4) is 5.75 Å². The lowest BCUT2D eigenvalue weighted by Crippen LogP contribution is -2.51. The highest BCUT2D eigenvalue weighted by Crippen LogP contribution is 2.37. The van der Waals surface area contributed by atoms with Gasteiger partial charge in [0.1, 0.15) is 35.7 Å². The molecule has 2 fully saturated rings. The number of carbonyl (C=O) groups is 1. The molecule has 3 aromatic rings. The summed E-state index contributed by atoms with van der Waals surface area (Å²) in [5.41, 5.74) is 3.14. The number of halogens is 4. The van der Waals surface area contributed by atoms with Crippen molar-refractivity contribution in [3.05, 3.63) is 74.0 Å². The molecule has 1 amide bonds. The molecule has 12 heteroatoms. The van der Waals surface area contributed by atoms with E-state index in [2.05, 4.69) is 10.7 Å². The lowest BCUT2D eigenvalue weighted by atomic mass is 10.0. The standard InChI is InChI=1S/C27H28Cl2F2N4O4/c28-21-4-3-18(9-23(21)30)39-14-17(36)12-32-34-7-5-15(6-8-34)33-27(38)20-13-35(16-1-2-16)25-11-22(29)24(31)10-19(25)26(20)37/h3-4,9-11,13,15-17,32,36H,1-2,5-8,12,14H2,(H,33,38)/t17-/m1/s1. The van der Waals surface area contributed by atoms with Crippen LogP contribution in [0.2, 0.25) is 10.0 Å².